The van der Waals surface area contributed by atoms with Gasteiger partial charge in [-0.25, -0.2) is 4.98 Å². The van der Waals surface area contributed by atoms with Gasteiger partial charge in [-0.2, -0.15) is 5.26 Å². The van der Waals surface area contributed by atoms with Crippen LogP contribution in [0.15, 0.2) is 60.1 Å². The number of anilines is 1. The van der Waals surface area contributed by atoms with Crippen LogP contribution in [0, 0.1) is 14.9 Å². The van der Waals surface area contributed by atoms with Gasteiger partial charge in [-0.3, -0.25) is 0 Å². The average molecular weight is 473 g/mol. The Hall–Kier alpha value is -2.37. The third-order valence-corrected chi connectivity index (χ3v) is 5.38. The van der Waals surface area contributed by atoms with Crippen LogP contribution in [0.3, 0.4) is 0 Å². The van der Waals surface area contributed by atoms with Gasteiger partial charge in [0.1, 0.15) is 22.4 Å². The molecule has 1 heterocycles. The smallest absolute Gasteiger partial charge is 0.136 e. The number of aromatic nitrogens is 1. The van der Waals surface area contributed by atoms with Gasteiger partial charge in [-0.05, 0) is 65.9 Å². The first-order valence-electron chi connectivity index (χ1n) is 8.01. The lowest BCUT2D eigenvalue weighted by molar-refractivity contribution is 0.340. The molecule has 0 bridgehead atoms. The van der Waals surface area contributed by atoms with Crippen LogP contribution in [-0.4, -0.2) is 11.6 Å². The summed E-state index contributed by atoms with van der Waals surface area (Å²) < 4.78 is 6.55. The van der Waals surface area contributed by atoms with Crippen molar-refractivity contribution in [3.8, 4) is 23.1 Å². The number of rotatable bonds is 6. The highest BCUT2D eigenvalue weighted by molar-refractivity contribution is 14.1. The number of allylic oxidation sites excluding steroid dienone is 1. The van der Waals surface area contributed by atoms with Crippen molar-refractivity contribution in [2.24, 2.45) is 0 Å². The molecule has 4 nitrogen and oxygen atoms in total. The number of ether oxygens (including phenoxy) is 1. The van der Waals surface area contributed by atoms with E-state index in [1.165, 1.54) is 11.3 Å². The maximum atomic E-state index is 9.49. The van der Waals surface area contributed by atoms with Crippen molar-refractivity contribution in [3.63, 3.8) is 0 Å². The van der Waals surface area contributed by atoms with Gasteiger partial charge in [0.15, 0.2) is 0 Å². The minimum Gasteiger partial charge on any atom is -0.494 e. The Bertz CT molecular complexity index is 958. The zero-order chi connectivity index (χ0) is 18.4. The summed E-state index contributed by atoms with van der Waals surface area (Å²) in [6, 6.07) is 17.9. The van der Waals surface area contributed by atoms with Gasteiger partial charge in [-0.15, -0.1) is 11.3 Å². The molecule has 0 radical (unpaired) electrons. The van der Waals surface area contributed by atoms with Gasteiger partial charge < -0.3 is 10.1 Å². The number of hydrogen-bond acceptors (Lipinski definition) is 5. The Labute approximate surface area is 170 Å². The van der Waals surface area contributed by atoms with Gasteiger partial charge in [0.2, 0.25) is 0 Å². The maximum Gasteiger partial charge on any atom is 0.136 e. The lowest BCUT2D eigenvalue weighted by Gasteiger charge is -2.04. The first-order valence-corrected chi connectivity index (χ1v) is 9.97. The van der Waals surface area contributed by atoms with E-state index in [1.54, 1.807) is 6.20 Å². The third kappa shape index (κ3) is 4.42. The maximum absolute atomic E-state index is 9.49. The summed E-state index contributed by atoms with van der Waals surface area (Å²) in [7, 11) is 0. The summed E-state index contributed by atoms with van der Waals surface area (Å²) in [5, 5.41) is 15.3. The summed E-state index contributed by atoms with van der Waals surface area (Å²) in [6.07, 6.45) is 1.71. The Morgan fingerprint density at radius 2 is 2.04 bits per heavy atom. The zero-order valence-electron chi connectivity index (χ0n) is 14.1. The Morgan fingerprint density at radius 1 is 1.27 bits per heavy atom. The van der Waals surface area contributed by atoms with Gasteiger partial charge in [0, 0.05) is 20.7 Å². The quantitative estimate of drug-likeness (QED) is 0.364. The van der Waals surface area contributed by atoms with Crippen LogP contribution in [-0.2, 0) is 0 Å². The van der Waals surface area contributed by atoms with Crippen LogP contribution >= 0.6 is 33.9 Å². The summed E-state index contributed by atoms with van der Waals surface area (Å²) >= 11 is 3.71. The van der Waals surface area contributed by atoms with E-state index in [1.807, 2.05) is 60.8 Å². The molecule has 26 heavy (non-hydrogen) atoms. The Kier molecular flexibility index (Phi) is 6.26. The second-order valence-corrected chi connectivity index (χ2v) is 7.31. The molecule has 0 amide bonds. The molecule has 1 N–H and O–H groups in total. The monoisotopic (exact) mass is 473 g/mol. The van der Waals surface area contributed by atoms with Crippen LogP contribution in [0.1, 0.15) is 11.9 Å². The fraction of sp³-hybridized carbons (Fsp3) is 0.100. The predicted octanol–water partition coefficient (Wildman–Crippen LogP) is 5.79. The topological polar surface area (TPSA) is 57.9 Å². The molecule has 0 fully saturated rings. The van der Waals surface area contributed by atoms with E-state index in [0.29, 0.717) is 17.2 Å². The fourth-order valence-corrected chi connectivity index (χ4v) is 3.63. The fourth-order valence-electron chi connectivity index (χ4n) is 2.29. The van der Waals surface area contributed by atoms with Crippen LogP contribution < -0.4 is 10.1 Å². The number of para-hydroxylation sites is 1. The molecule has 0 unspecified atom stereocenters. The molecule has 0 saturated carbocycles. The van der Waals surface area contributed by atoms with E-state index < -0.39 is 0 Å². The molecule has 130 valence electrons. The lowest BCUT2D eigenvalue weighted by Crippen LogP contribution is -1.93. The number of hydrogen-bond donors (Lipinski definition) is 1. The normalized spacial score (nSPS) is 11.0. The van der Waals surface area contributed by atoms with Crippen molar-refractivity contribution in [1.82, 2.24) is 4.98 Å². The van der Waals surface area contributed by atoms with Crippen molar-refractivity contribution in [2.75, 3.05) is 11.9 Å². The summed E-state index contributed by atoms with van der Waals surface area (Å²) in [5.74, 6) is 0.839. The van der Waals surface area contributed by atoms with Crippen molar-refractivity contribution < 1.29 is 4.74 Å². The molecule has 3 rings (SSSR count). The van der Waals surface area contributed by atoms with Crippen LogP contribution in [0.25, 0.3) is 16.8 Å². The molecule has 2 aromatic carbocycles. The van der Waals surface area contributed by atoms with Crippen LogP contribution in [0.5, 0.6) is 5.75 Å². The van der Waals surface area contributed by atoms with E-state index in [0.717, 1.165) is 26.3 Å². The summed E-state index contributed by atoms with van der Waals surface area (Å²) in [4.78, 5) is 4.61. The zero-order valence-corrected chi connectivity index (χ0v) is 17.0. The van der Waals surface area contributed by atoms with E-state index in [-0.39, 0.29) is 0 Å². The molecule has 0 aliphatic rings. The Morgan fingerprint density at radius 3 is 2.73 bits per heavy atom. The second-order valence-electron chi connectivity index (χ2n) is 5.29. The van der Waals surface area contributed by atoms with Gasteiger partial charge in [0.05, 0.1) is 18.0 Å². The molecule has 3 aromatic rings. The highest BCUT2D eigenvalue weighted by Crippen LogP contribution is 2.27. The lowest BCUT2D eigenvalue weighted by atomic mass is 10.2. The number of nitrogens with zero attached hydrogens (tertiary/aromatic N) is 2. The van der Waals surface area contributed by atoms with E-state index in [4.69, 9.17) is 4.74 Å². The van der Waals surface area contributed by atoms with Crippen molar-refractivity contribution >= 4 is 45.2 Å². The standard InChI is InChI=1S/C20H16IN3OS/c1-2-25-16-9-7-14(8-10-16)19-13-26-20(24-19)15(11-22)12-23-18-6-4-3-5-17(18)21/h3-10,12-13,23H,2H2,1H3. The van der Waals surface area contributed by atoms with E-state index in [2.05, 4.69) is 39.0 Å². The molecule has 0 aliphatic carbocycles. The Balaban J connectivity index is 1.79. The van der Waals surface area contributed by atoms with Gasteiger partial charge >= 0.3 is 0 Å². The second kappa shape index (κ2) is 8.83. The summed E-state index contributed by atoms with van der Waals surface area (Å²) in [6.45, 7) is 2.60. The first-order chi connectivity index (χ1) is 12.7. The molecule has 1 aromatic heterocycles. The number of benzene rings is 2. The van der Waals surface area contributed by atoms with Gasteiger partial charge in [0.25, 0.3) is 0 Å². The molecule has 0 spiro atoms. The van der Waals surface area contributed by atoms with Crippen LogP contribution in [0.4, 0.5) is 5.69 Å². The minimum atomic E-state index is 0.506. The summed E-state index contributed by atoms with van der Waals surface area (Å²) in [5.41, 5.74) is 3.32. The van der Waals surface area contributed by atoms with Crippen molar-refractivity contribution in [1.29, 1.82) is 5.26 Å². The van der Waals surface area contributed by atoms with E-state index >= 15 is 0 Å². The van der Waals surface area contributed by atoms with E-state index in [9.17, 15) is 5.26 Å². The number of nitrogens with one attached hydrogen (secondary N) is 1. The highest BCUT2D eigenvalue weighted by Gasteiger charge is 2.09. The highest BCUT2D eigenvalue weighted by atomic mass is 127. The number of halogens is 1. The minimum absolute atomic E-state index is 0.506. The van der Waals surface area contributed by atoms with Crippen LogP contribution in [0.2, 0.25) is 0 Å². The molecule has 0 saturated heterocycles. The van der Waals surface area contributed by atoms with Crippen molar-refractivity contribution in [3.05, 3.63) is 68.7 Å². The molecule has 6 heteroatoms. The number of thiazole rings is 1. The van der Waals surface area contributed by atoms with Gasteiger partial charge in [-0.1, -0.05) is 12.1 Å². The third-order valence-electron chi connectivity index (χ3n) is 3.56. The first kappa shape index (κ1) is 18.4. The van der Waals surface area contributed by atoms with Crippen molar-refractivity contribution in [2.45, 2.75) is 6.92 Å². The SMILES string of the molecule is CCOc1ccc(-c2csc(C(C#N)=CNc3ccccc3I)n2)cc1. The molecular weight excluding hydrogens is 457 g/mol. The molecular formula is C20H16IN3OS. The molecule has 0 atom stereocenters. The predicted molar refractivity (Wildman–Crippen MR) is 115 cm³/mol. The largest absolute Gasteiger partial charge is 0.494 e. The molecule has 0 aliphatic heterocycles. The number of nitriles is 1. The average Bonchev–Trinajstić information content (AvgIpc) is 3.14.